The fraction of sp³-hybridized carbons (Fsp3) is 0.333. The predicted octanol–water partition coefficient (Wildman–Crippen LogP) is 5.56. The van der Waals surface area contributed by atoms with Crippen LogP contribution >= 0.6 is 23.2 Å². The van der Waals surface area contributed by atoms with Gasteiger partial charge in [0.25, 0.3) is 0 Å². The maximum atomic E-state index is 13.7. The van der Waals surface area contributed by atoms with Crippen LogP contribution in [-0.2, 0) is 32.6 Å². The van der Waals surface area contributed by atoms with Gasteiger partial charge in [0.15, 0.2) is 0 Å². The van der Waals surface area contributed by atoms with Gasteiger partial charge in [0.1, 0.15) is 6.04 Å². The number of sulfonamides is 1. The maximum absolute atomic E-state index is 13.7. The van der Waals surface area contributed by atoms with Crippen molar-refractivity contribution in [1.82, 2.24) is 14.5 Å². The second-order valence-electron chi connectivity index (χ2n) is 9.88. The zero-order chi connectivity index (χ0) is 29.3. The average molecular weight is 605 g/mol. The highest BCUT2D eigenvalue weighted by Gasteiger charge is 2.31. The lowest BCUT2D eigenvalue weighted by atomic mass is 10.0. The van der Waals surface area contributed by atoms with Gasteiger partial charge in [0.2, 0.25) is 21.8 Å². The number of benzene rings is 3. The molecule has 0 unspecified atom stereocenters. The van der Waals surface area contributed by atoms with Gasteiger partial charge in [-0.1, -0.05) is 77.8 Å². The molecule has 1 atom stereocenters. The highest BCUT2D eigenvalue weighted by atomic mass is 35.5. The van der Waals surface area contributed by atoms with Crippen LogP contribution in [0.2, 0.25) is 10.0 Å². The van der Waals surface area contributed by atoms with E-state index in [1.165, 1.54) is 23.5 Å². The second-order valence-corrected chi connectivity index (χ2v) is 12.7. The molecule has 0 aromatic heterocycles. The van der Waals surface area contributed by atoms with Gasteiger partial charge in [-0.3, -0.25) is 9.59 Å². The lowest BCUT2D eigenvalue weighted by Gasteiger charge is -2.32. The van der Waals surface area contributed by atoms with Crippen molar-refractivity contribution in [2.24, 2.45) is 0 Å². The lowest BCUT2D eigenvalue weighted by Crippen LogP contribution is -2.51. The van der Waals surface area contributed by atoms with Gasteiger partial charge in [-0.2, -0.15) is 0 Å². The Bertz CT molecular complexity index is 1390. The quantitative estimate of drug-likeness (QED) is 0.277. The van der Waals surface area contributed by atoms with E-state index in [2.05, 4.69) is 5.32 Å². The second kappa shape index (κ2) is 14.6. The fourth-order valence-electron chi connectivity index (χ4n) is 4.26. The monoisotopic (exact) mass is 603 g/mol. The van der Waals surface area contributed by atoms with E-state index < -0.39 is 16.1 Å². The van der Waals surface area contributed by atoms with Gasteiger partial charge in [-0.05, 0) is 55.7 Å². The Kier molecular flexibility index (Phi) is 11.6. The molecule has 0 aliphatic heterocycles. The predicted molar refractivity (Wildman–Crippen MR) is 160 cm³/mol. The summed E-state index contributed by atoms with van der Waals surface area (Å²) in [5, 5.41) is 3.69. The zero-order valence-electron chi connectivity index (χ0n) is 22.9. The summed E-state index contributed by atoms with van der Waals surface area (Å²) in [4.78, 5) is 28.9. The summed E-state index contributed by atoms with van der Waals surface area (Å²) in [6.45, 7) is 4.01. The van der Waals surface area contributed by atoms with Crippen LogP contribution in [0.4, 0.5) is 0 Å². The molecule has 0 radical (unpaired) electrons. The SMILES string of the molecule is CC(C)NC(=O)[C@@H](Cc1ccccc1)N(Cc1ccc(Cl)c(Cl)c1)C(=O)CCCN(C)S(=O)(=O)c1ccccc1. The van der Waals surface area contributed by atoms with Crippen LogP contribution in [0.15, 0.2) is 83.8 Å². The van der Waals surface area contributed by atoms with E-state index in [1.54, 1.807) is 41.3 Å². The minimum absolute atomic E-state index is 0.0518. The van der Waals surface area contributed by atoms with Crippen LogP contribution in [0.1, 0.15) is 37.8 Å². The number of nitrogens with zero attached hydrogens (tertiary/aromatic N) is 2. The number of hydrogen-bond donors (Lipinski definition) is 1. The van der Waals surface area contributed by atoms with Crippen molar-refractivity contribution in [3.63, 3.8) is 0 Å². The summed E-state index contributed by atoms with van der Waals surface area (Å²) in [7, 11) is -2.19. The molecule has 0 aliphatic rings. The molecule has 0 heterocycles. The number of rotatable bonds is 13. The van der Waals surface area contributed by atoms with Gasteiger partial charge < -0.3 is 10.2 Å². The summed E-state index contributed by atoms with van der Waals surface area (Å²) in [6, 6.07) is 21.9. The van der Waals surface area contributed by atoms with Crippen molar-refractivity contribution >= 4 is 45.0 Å². The minimum atomic E-state index is -3.68. The Morgan fingerprint density at radius 2 is 1.50 bits per heavy atom. The van der Waals surface area contributed by atoms with E-state index in [9.17, 15) is 18.0 Å². The Labute approximate surface area is 247 Å². The third kappa shape index (κ3) is 8.80. The Balaban J connectivity index is 1.84. The van der Waals surface area contributed by atoms with Crippen molar-refractivity contribution in [2.45, 2.75) is 56.6 Å². The fourth-order valence-corrected chi connectivity index (χ4v) is 5.81. The number of hydrogen-bond acceptors (Lipinski definition) is 4. The van der Waals surface area contributed by atoms with Gasteiger partial charge in [0, 0.05) is 39.0 Å². The number of halogens is 2. The van der Waals surface area contributed by atoms with Crippen LogP contribution in [0.3, 0.4) is 0 Å². The molecule has 3 rings (SSSR count). The van der Waals surface area contributed by atoms with Gasteiger partial charge in [0.05, 0.1) is 14.9 Å². The van der Waals surface area contributed by atoms with Crippen LogP contribution in [0, 0.1) is 0 Å². The third-order valence-corrected chi connectivity index (χ3v) is 8.96. The van der Waals surface area contributed by atoms with E-state index >= 15 is 0 Å². The van der Waals surface area contributed by atoms with Gasteiger partial charge in [-0.25, -0.2) is 12.7 Å². The molecule has 0 fully saturated rings. The lowest BCUT2D eigenvalue weighted by molar-refractivity contribution is -0.141. The summed E-state index contributed by atoms with van der Waals surface area (Å²) >= 11 is 12.4. The first kappa shape index (κ1) is 31.6. The van der Waals surface area contributed by atoms with Crippen molar-refractivity contribution in [2.75, 3.05) is 13.6 Å². The number of carbonyl (C=O) groups excluding carboxylic acids is 2. The topological polar surface area (TPSA) is 86.8 Å². The smallest absolute Gasteiger partial charge is 0.243 e. The van der Waals surface area contributed by atoms with E-state index in [-0.39, 0.29) is 48.7 Å². The highest BCUT2D eigenvalue weighted by Crippen LogP contribution is 2.25. The molecule has 0 saturated carbocycles. The first-order chi connectivity index (χ1) is 19.0. The molecule has 10 heteroatoms. The number of carbonyl (C=O) groups is 2. The molecule has 0 saturated heterocycles. The maximum Gasteiger partial charge on any atom is 0.243 e. The number of amides is 2. The molecule has 2 amide bonds. The molecule has 214 valence electrons. The van der Waals surface area contributed by atoms with Gasteiger partial charge >= 0.3 is 0 Å². The van der Waals surface area contributed by atoms with Gasteiger partial charge in [-0.15, -0.1) is 0 Å². The normalized spacial score (nSPS) is 12.4. The molecule has 1 N–H and O–H groups in total. The summed E-state index contributed by atoms with van der Waals surface area (Å²) in [6.07, 6.45) is 0.647. The molecule has 3 aromatic carbocycles. The average Bonchev–Trinajstić information content (AvgIpc) is 2.93. The summed E-state index contributed by atoms with van der Waals surface area (Å²) < 4.78 is 27.0. The third-order valence-electron chi connectivity index (χ3n) is 6.35. The van der Waals surface area contributed by atoms with Crippen molar-refractivity contribution in [3.05, 3.63) is 100 Å². The Morgan fingerprint density at radius 1 is 0.875 bits per heavy atom. The molecular weight excluding hydrogens is 569 g/mol. The van der Waals surface area contributed by atoms with Crippen molar-refractivity contribution < 1.29 is 18.0 Å². The number of nitrogens with one attached hydrogen (secondary N) is 1. The summed E-state index contributed by atoms with van der Waals surface area (Å²) in [5.41, 5.74) is 1.63. The Morgan fingerprint density at radius 3 is 2.10 bits per heavy atom. The van der Waals surface area contributed by atoms with Crippen molar-refractivity contribution in [3.8, 4) is 0 Å². The van der Waals surface area contributed by atoms with Crippen LogP contribution in [0.5, 0.6) is 0 Å². The molecular formula is C30H35Cl2N3O4S. The Hall–Kier alpha value is -2.91. The van der Waals surface area contributed by atoms with Crippen LogP contribution < -0.4 is 5.32 Å². The van der Waals surface area contributed by atoms with E-state index in [0.717, 1.165) is 11.1 Å². The van der Waals surface area contributed by atoms with Crippen molar-refractivity contribution in [1.29, 1.82) is 0 Å². The van der Waals surface area contributed by atoms with E-state index in [0.29, 0.717) is 16.5 Å². The molecule has 0 spiro atoms. The first-order valence-corrected chi connectivity index (χ1v) is 15.3. The van der Waals surface area contributed by atoms with Crippen LogP contribution in [0.25, 0.3) is 0 Å². The summed E-state index contributed by atoms with van der Waals surface area (Å²) in [5.74, 6) is -0.535. The molecule has 40 heavy (non-hydrogen) atoms. The van der Waals surface area contributed by atoms with E-state index in [4.69, 9.17) is 23.2 Å². The highest BCUT2D eigenvalue weighted by molar-refractivity contribution is 7.89. The molecule has 0 bridgehead atoms. The largest absolute Gasteiger partial charge is 0.352 e. The molecule has 7 nitrogen and oxygen atoms in total. The standard InChI is InChI=1S/C30H35Cl2N3O4S/c1-22(2)33-30(37)28(20-23-11-6-4-7-12-23)35(21-24-16-17-26(31)27(32)19-24)29(36)15-10-18-34(3)40(38,39)25-13-8-5-9-14-25/h4-9,11-14,16-17,19,22,28H,10,15,18,20-21H2,1-3H3,(H,33,37)/t28-/m1/s1. The molecule has 3 aromatic rings. The first-order valence-electron chi connectivity index (χ1n) is 13.1. The zero-order valence-corrected chi connectivity index (χ0v) is 25.2. The van der Waals surface area contributed by atoms with E-state index in [1.807, 2.05) is 44.2 Å². The minimum Gasteiger partial charge on any atom is -0.352 e. The molecule has 0 aliphatic carbocycles. The van der Waals surface area contributed by atoms with Crippen LogP contribution in [-0.4, -0.2) is 55.1 Å².